The van der Waals surface area contributed by atoms with E-state index < -0.39 is 0 Å². The third kappa shape index (κ3) is 3.08. The van der Waals surface area contributed by atoms with Crippen molar-refractivity contribution in [3.63, 3.8) is 0 Å². The predicted octanol–water partition coefficient (Wildman–Crippen LogP) is 2.12. The van der Waals surface area contributed by atoms with E-state index in [9.17, 15) is 0 Å². The standard InChI is InChI=1S/C14H19N5OS/c1-5-18(7-8-19(6-1)14-15-4-9-21-14)10-12-16-17-13(20-12)11-2-3-11/h4,9,11H,1-3,5-8,10H2. The molecule has 2 aromatic heterocycles. The molecule has 7 heteroatoms. The fraction of sp³-hybridized carbons (Fsp3) is 0.643. The molecule has 0 radical (unpaired) electrons. The molecule has 1 aliphatic heterocycles. The first-order chi connectivity index (χ1) is 10.4. The Hall–Kier alpha value is -1.47. The molecule has 0 N–H and O–H groups in total. The Balaban J connectivity index is 1.35. The number of rotatable bonds is 4. The van der Waals surface area contributed by atoms with Gasteiger partial charge in [0.25, 0.3) is 0 Å². The summed E-state index contributed by atoms with van der Waals surface area (Å²) in [5.74, 6) is 2.14. The van der Waals surface area contributed by atoms with Gasteiger partial charge in [-0.1, -0.05) is 0 Å². The van der Waals surface area contributed by atoms with Crippen molar-refractivity contribution in [1.29, 1.82) is 0 Å². The molecule has 6 nitrogen and oxygen atoms in total. The molecule has 0 unspecified atom stereocenters. The summed E-state index contributed by atoms with van der Waals surface area (Å²) in [7, 11) is 0. The monoisotopic (exact) mass is 305 g/mol. The minimum absolute atomic E-state index is 0.538. The minimum atomic E-state index is 0.538. The second-order valence-electron chi connectivity index (χ2n) is 5.74. The highest BCUT2D eigenvalue weighted by molar-refractivity contribution is 7.13. The summed E-state index contributed by atoms with van der Waals surface area (Å²) in [6, 6.07) is 0. The van der Waals surface area contributed by atoms with Crippen LogP contribution in [0.25, 0.3) is 0 Å². The molecule has 3 heterocycles. The zero-order valence-electron chi connectivity index (χ0n) is 11.9. The first-order valence-corrected chi connectivity index (χ1v) is 8.45. The maximum absolute atomic E-state index is 5.76. The van der Waals surface area contributed by atoms with Gasteiger partial charge in [0.2, 0.25) is 11.8 Å². The Morgan fingerprint density at radius 1 is 1.19 bits per heavy atom. The zero-order chi connectivity index (χ0) is 14.1. The molecule has 1 saturated carbocycles. The van der Waals surface area contributed by atoms with Gasteiger partial charge in [-0.2, -0.15) is 0 Å². The van der Waals surface area contributed by atoms with Gasteiger partial charge in [0, 0.05) is 43.7 Å². The van der Waals surface area contributed by atoms with E-state index in [1.165, 1.54) is 12.8 Å². The van der Waals surface area contributed by atoms with Crippen molar-refractivity contribution in [1.82, 2.24) is 20.1 Å². The van der Waals surface area contributed by atoms with E-state index in [2.05, 4.69) is 25.0 Å². The second-order valence-corrected chi connectivity index (χ2v) is 6.61. The molecule has 2 fully saturated rings. The Morgan fingerprint density at radius 2 is 2.14 bits per heavy atom. The van der Waals surface area contributed by atoms with Crippen LogP contribution in [0.2, 0.25) is 0 Å². The van der Waals surface area contributed by atoms with E-state index in [1.54, 1.807) is 11.3 Å². The van der Waals surface area contributed by atoms with Crippen LogP contribution in [-0.4, -0.2) is 46.3 Å². The van der Waals surface area contributed by atoms with Gasteiger partial charge in [-0.3, -0.25) is 4.90 Å². The van der Waals surface area contributed by atoms with Gasteiger partial charge in [0.05, 0.1) is 6.54 Å². The summed E-state index contributed by atoms with van der Waals surface area (Å²) in [4.78, 5) is 9.18. The van der Waals surface area contributed by atoms with Gasteiger partial charge < -0.3 is 9.32 Å². The second kappa shape index (κ2) is 5.73. The SMILES string of the molecule is c1csc(N2CCCN(Cc3nnc(C4CC4)o3)CC2)n1. The van der Waals surface area contributed by atoms with Crippen LogP contribution in [0.1, 0.15) is 37.0 Å². The van der Waals surface area contributed by atoms with Crippen LogP contribution < -0.4 is 4.90 Å². The van der Waals surface area contributed by atoms with Crippen molar-refractivity contribution in [2.24, 2.45) is 0 Å². The molecule has 1 saturated heterocycles. The van der Waals surface area contributed by atoms with Gasteiger partial charge in [0.1, 0.15) is 0 Å². The van der Waals surface area contributed by atoms with Crippen LogP contribution in [0.3, 0.4) is 0 Å². The molecule has 2 aromatic rings. The molecular weight excluding hydrogens is 286 g/mol. The number of hydrogen-bond donors (Lipinski definition) is 0. The lowest BCUT2D eigenvalue weighted by Gasteiger charge is -2.20. The summed E-state index contributed by atoms with van der Waals surface area (Å²) in [5.41, 5.74) is 0. The van der Waals surface area contributed by atoms with E-state index in [4.69, 9.17) is 4.42 Å². The van der Waals surface area contributed by atoms with Crippen LogP contribution in [0.4, 0.5) is 5.13 Å². The van der Waals surface area contributed by atoms with Crippen molar-refractivity contribution in [2.75, 3.05) is 31.1 Å². The van der Waals surface area contributed by atoms with Gasteiger partial charge >= 0.3 is 0 Å². The fourth-order valence-electron chi connectivity index (χ4n) is 2.71. The lowest BCUT2D eigenvalue weighted by Crippen LogP contribution is -2.30. The van der Waals surface area contributed by atoms with Gasteiger partial charge in [-0.15, -0.1) is 21.5 Å². The lowest BCUT2D eigenvalue weighted by atomic mass is 10.4. The molecule has 4 rings (SSSR count). The molecule has 1 aliphatic carbocycles. The van der Waals surface area contributed by atoms with E-state index in [0.717, 1.165) is 56.1 Å². The summed E-state index contributed by atoms with van der Waals surface area (Å²) in [5, 5.41) is 11.5. The fourth-order valence-corrected chi connectivity index (χ4v) is 3.41. The Labute approximate surface area is 127 Å². The first kappa shape index (κ1) is 13.2. The molecular formula is C14H19N5OS. The van der Waals surface area contributed by atoms with Gasteiger partial charge in [-0.05, 0) is 19.3 Å². The minimum Gasteiger partial charge on any atom is -0.424 e. The van der Waals surface area contributed by atoms with Crippen molar-refractivity contribution in [3.8, 4) is 0 Å². The average molecular weight is 305 g/mol. The molecule has 0 amide bonds. The van der Waals surface area contributed by atoms with Crippen LogP contribution >= 0.6 is 11.3 Å². The van der Waals surface area contributed by atoms with Crippen molar-refractivity contribution in [3.05, 3.63) is 23.4 Å². The highest BCUT2D eigenvalue weighted by Gasteiger charge is 2.29. The number of thiazole rings is 1. The zero-order valence-corrected chi connectivity index (χ0v) is 12.8. The third-order valence-electron chi connectivity index (χ3n) is 4.05. The van der Waals surface area contributed by atoms with Crippen molar-refractivity contribution in [2.45, 2.75) is 31.7 Å². The smallest absolute Gasteiger partial charge is 0.230 e. The van der Waals surface area contributed by atoms with Crippen LogP contribution in [-0.2, 0) is 6.54 Å². The van der Waals surface area contributed by atoms with Crippen LogP contribution in [0, 0.1) is 0 Å². The van der Waals surface area contributed by atoms with E-state index in [0.29, 0.717) is 5.92 Å². The number of aromatic nitrogens is 3. The number of nitrogens with zero attached hydrogens (tertiary/aromatic N) is 5. The van der Waals surface area contributed by atoms with Gasteiger partial charge in [0.15, 0.2) is 5.13 Å². The highest BCUT2D eigenvalue weighted by Crippen LogP contribution is 2.39. The van der Waals surface area contributed by atoms with Crippen LogP contribution in [0.15, 0.2) is 16.0 Å². The largest absolute Gasteiger partial charge is 0.424 e. The van der Waals surface area contributed by atoms with Gasteiger partial charge in [-0.25, -0.2) is 4.98 Å². The first-order valence-electron chi connectivity index (χ1n) is 7.57. The number of anilines is 1. The molecule has 112 valence electrons. The van der Waals surface area contributed by atoms with Crippen molar-refractivity contribution >= 4 is 16.5 Å². The molecule has 0 aromatic carbocycles. The van der Waals surface area contributed by atoms with E-state index in [1.807, 2.05) is 11.6 Å². The molecule has 0 spiro atoms. The quantitative estimate of drug-likeness (QED) is 0.862. The van der Waals surface area contributed by atoms with E-state index in [-0.39, 0.29) is 0 Å². The lowest BCUT2D eigenvalue weighted by molar-refractivity contribution is 0.252. The van der Waals surface area contributed by atoms with Crippen molar-refractivity contribution < 1.29 is 4.42 Å². The number of hydrogen-bond acceptors (Lipinski definition) is 7. The maximum Gasteiger partial charge on any atom is 0.230 e. The topological polar surface area (TPSA) is 58.3 Å². The predicted molar refractivity (Wildman–Crippen MR) is 80.5 cm³/mol. The Morgan fingerprint density at radius 3 is 2.95 bits per heavy atom. The summed E-state index contributed by atoms with van der Waals surface area (Å²) in [6.45, 7) is 4.94. The van der Waals surface area contributed by atoms with E-state index >= 15 is 0 Å². The maximum atomic E-state index is 5.76. The Bertz CT molecular complexity index is 580. The van der Waals surface area contributed by atoms with Crippen LogP contribution in [0.5, 0.6) is 0 Å². The Kier molecular flexibility index (Phi) is 3.60. The molecule has 0 bridgehead atoms. The normalized spacial score (nSPS) is 20.7. The molecule has 21 heavy (non-hydrogen) atoms. The molecule has 2 aliphatic rings. The third-order valence-corrected chi connectivity index (χ3v) is 4.88. The summed E-state index contributed by atoms with van der Waals surface area (Å²) < 4.78 is 5.76. The molecule has 0 atom stereocenters. The summed E-state index contributed by atoms with van der Waals surface area (Å²) in [6.07, 6.45) is 5.42. The average Bonchev–Trinajstić information content (AvgIpc) is 3.08. The summed E-state index contributed by atoms with van der Waals surface area (Å²) >= 11 is 1.71. The highest BCUT2D eigenvalue weighted by atomic mass is 32.1.